The van der Waals surface area contributed by atoms with E-state index in [1.54, 1.807) is 0 Å². The van der Waals surface area contributed by atoms with Crippen molar-refractivity contribution in [2.75, 3.05) is 19.6 Å². The first kappa shape index (κ1) is 16.8. The van der Waals surface area contributed by atoms with E-state index < -0.39 is 0 Å². The lowest BCUT2D eigenvalue weighted by Crippen LogP contribution is -2.26. The zero-order valence-corrected chi connectivity index (χ0v) is 15.4. The van der Waals surface area contributed by atoms with Gasteiger partial charge < -0.3 is 9.47 Å². The molecule has 4 heteroatoms. The van der Waals surface area contributed by atoms with Gasteiger partial charge in [0.05, 0.1) is 11.6 Å². The van der Waals surface area contributed by atoms with Crippen molar-refractivity contribution in [2.45, 2.75) is 33.2 Å². The van der Waals surface area contributed by atoms with Crippen LogP contribution < -0.4 is 0 Å². The summed E-state index contributed by atoms with van der Waals surface area (Å²) >= 11 is 0. The van der Waals surface area contributed by atoms with Gasteiger partial charge in [0, 0.05) is 46.9 Å². The van der Waals surface area contributed by atoms with Gasteiger partial charge in [-0.3, -0.25) is 4.79 Å². The molecule has 0 saturated carbocycles. The molecule has 0 bridgehead atoms. The molecule has 132 valence electrons. The number of nitriles is 1. The molecule has 1 heterocycles. The van der Waals surface area contributed by atoms with Crippen LogP contribution in [0.5, 0.6) is 0 Å². The lowest BCUT2D eigenvalue weighted by atomic mass is 10.0. The number of benzene rings is 2. The van der Waals surface area contributed by atoms with Crippen LogP contribution in [-0.4, -0.2) is 34.9 Å². The number of nitrogens with zero attached hydrogens (tertiary/aromatic N) is 3. The Bertz CT molecular complexity index is 1050. The number of ketones is 1. The van der Waals surface area contributed by atoms with Gasteiger partial charge in [-0.1, -0.05) is 13.8 Å². The van der Waals surface area contributed by atoms with Crippen LogP contribution in [0.25, 0.3) is 21.8 Å². The van der Waals surface area contributed by atoms with E-state index in [1.807, 2.05) is 18.2 Å². The third kappa shape index (κ3) is 2.51. The monoisotopic (exact) mass is 345 g/mol. The molecule has 0 radical (unpaired) electrons. The molecule has 1 aliphatic carbocycles. The normalized spacial score (nSPS) is 13.7. The summed E-state index contributed by atoms with van der Waals surface area (Å²) in [7, 11) is 0. The predicted molar refractivity (Wildman–Crippen MR) is 105 cm³/mol. The number of likely N-dealkylation sites (N-methyl/N-ethyl adjacent to an activating group) is 1. The van der Waals surface area contributed by atoms with E-state index in [2.05, 4.69) is 41.5 Å². The zero-order valence-electron chi connectivity index (χ0n) is 15.4. The van der Waals surface area contributed by atoms with E-state index in [9.17, 15) is 10.1 Å². The Morgan fingerprint density at radius 3 is 2.62 bits per heavy atom. The Balaban J connectivity index is 1.96. The number of carbonyl (C=O) groups is 1. The summed E-state index contributed by atoms with van der Waals surface area (Å²) in [5.74, 6) is 0.238. The second kappa shape index (κ2) is 6.59. The van der Waals surface area contributed by atoms with Gasteiger partial charge >= 0.3 is 0 Å². The Hall–Kier alpha value is -2.64. The molecule has 4 nitrogen and oxygen atoms in total. The molecule has 0 saturated heterocycles. The molecular weight excluding hydrogens is 322 g/mol. The Morgan fingerprint density at radius 1 is 1.12 bits per heavy atom. The van der Waals surface area contributed by atoms with Gasteiger partial charge in [0.25, 0.3) is 0 Å². The Labute approximate surface area is 153 Å². The minimum absolute atomic E-state index is 0.238. The van der Waals surface area contributed by atoms with Gasteiger partial charge in [0.1, 0.15) is 0 Å². The largest absolute Gasteiger partial charge is 0.339 e. The van der Waals surface area contributed by atoms with Crippen LogP contribution in [0.4, 0.5) is 0 Å². The molecule has 0 amide bonds. The summed E-state index contributed by atoms with van der Waals surface area (Å²) in [5, 5.41) is 11.6. The molecule has 3 aromatic rings. The fourth-order valence-electron chi connectivity index (χ4n) is 4.25. The minimum Gasteiger partial charge on any atom is -0.339 e. The third-order valence-electron chi connectivity index (χ3n) is 5.70. The van der Waals surface area contributed by atoms with Crippen molar-refractivity contribution in [1.82, 2.24) is 9.47 Å². The van der Waals surface area contributed by atoms with Gasteiger partial charge in [0.2, 0.25) is 0 Å². The molecule has 0 aliphatic heterocycles. The van der Waals surface area contributed by atoms with Crippen LogP contribution in [0, 0.1) is 11.3 Å². The number of rotatable bonds is 5. The molecule has 26 heavy (non-hydrogen) atoms. The van der Waals surface area contributed by atoms with Crippen LogP contribution in [0.15, 0.2) is 30.3 Å². The fraction of sp³-hybridized carbons (Fsp3) is 0.364. The molecule has 0 N–H and O–H groups in total. The predicted octanol–water partition coefficient (Wildman–Crippen LogP) is 4.14. The number of aryl methyl sites for hydroxylation is 1. The van der Waals surface area contributed by atoms with Crippen LogP contribution in [-0.2, 0) is 13.0 Å². The van der Waals surface area contributed by atoms with Crippen molar-refractivity contribution in [2.24, 2.45) is 0 Å². The molecule has 4 rings (SSSR count). The summed E-state index contributed by atoms with van der Waals surface area (Å²) < 4.78 is 2.35. The highest BCUT2D eigenvalue weighted by Crippen LogP contribution is 2.37. The molecular formula is C22H23N3O. The molecule has 1 aliphatic rings. The van der Waals surface area contributed by atoms with E-state index >= 15 is 0 Å². The average Bonchev–Trinajstić information content (AvgIpc) is 3.20. The van der Waals surface area contributed by atoms with Crippen LogP contribution in [0.2, 0.25) is 0 Å². The zero-order chi connectivity index (χ0) is 18.3. The Kier molecular flexibility index (Phi) is 4.26. The summed E-state index contributed by atoms with van der Waals surface area (Å²) in [6.07, 6.45) is 1.40. The van der Waals surface area contributed by atoms with Gasteiger partial charge in [-0.05, 0) is 55.4 Å². The standard InChI is InChI=1S/C22H23N3O/c1-3-24(4-2)11-12-25-19-8-5-15(14-23)13-18(19)22-17-7-10-21(26)16(17)6-9-20(22)25/h5-6,8-9,13H,3-4,7,10-12H2,1-2H3. The molecule has 0 spiro atoms. The number of aromatic nitrogens is 1. The van der Waals surface area contributed by atoms with Crippen LogP contribution in [0.3, 0.4) is 0 Å². The maximum Gasteiger partial charge on any atom is 0.163 e. The molecule has 0 atom stereocenters. The van der Waals surface area contributed by atoms with Gasteiger partial charge in [-0.15, -0.1) is 0 Å². The molecule has 0 fully saturated rings. The summed E-state index contributed by atoms with van der Waals surface area (Å²) in [5.41, 5.74) is 5.02. The maximum atomic E-state index is 12.2. The smallest absolute Gasteiger partial charge is 0.163 e. The van der Waals surface area contributed by atoms with Crippen molar-refractivity contribution in [1.29, 1.82) is 5.26 Å². The molecule has 2 aromatic carbocycles. The molecule has 0 unspecified atom stereocenters. The van der Waals surface area contributed by atoms with E-state index in [1.165, 1.54) is 10.9 Å². The summed E-state index contributed by atoms with van der Waals surface area (Å²) in [6, 6.07) is 12.3. The van der Waals surface area contributed by atoms with E-state index in [0.717, 1.165) is 54.6 Å². The van der Waals surface area contributed by atoms with E-state index in [0.29, 0.717) is 12.0 Å². The highest BCUT2D eigenvalue weighted by molar-refractivity contribution is 6.15. The first-order valence-electron chi connectivity index (χ1n) is 9.41. The van der Waals surface area contributed by atoms with Gasteiger partial charge in [-0.2, -0.15) is 5.26 Å². The lowest BCUT2D eigenvalue weighted by molar-refractivity contribution is 0.0994. The van der Waals surface area contributed by atoms with Crippen molar-refractivity contribution < 1.29 is 4.79 Å². The first-order valence-corrected chi connectivity index (χ1v) is 9.41. The van der Waals surface area contributed by atoms with Gasteiger partial charge in [-0.25, -0.2) is 0 Å². The minimum atomic E-state index is 0.238. The van der Waals surface area contributed by atoms with E-state index in [4.69, 9.17) is 0 Å². The van der Waals surface area contributed by atoms with Crippen LogP contribution >= 0.6 is 0 Å². The third-order valence-corrected chi connectivity index (χ3v) is 5.70. The highest BCUT2D eigenvalue weighted by Gasteiger charge is 2.24. The highest BCUT2D eigenvalue weighted by atomic mass is 16.1. The average molecular weight is 345 g/mol. The second-order valence-corrected chi connectivity index (χ2v) is 6.93. The quantitative estimate of drug-likeness (QED) is 0.698. The summed E-state index contributed by atoms with van der Waals surface area (Å²) in [6.45, 7) is 8.34. The van der Waals surface area contributed by atoms with Gasteiger partial charge in [0.15, 0.2) is 5.78 Å². The van der Waals surface area contributed by atoms with Crippen molar-refractivity contribution in [3.8, 4) is 6.07 Å². The van der Waals surface area contributed by atoms with Crippen molar-refractivity contribution in [3.05, 3.63) is 47.0 Å². The number of fused-ring (bicyclic) bond motifs is 5. The van der Waals surface area contributed by atoms with Crippen LogP contribution in [0.1, 0.15) is 41.8 Å². The topological polar surface area (TPSA) is 49.0 Å². The lowest BCUT2D eigenvalue weighted by Gasteiger charge is -2.19. The summed E-state index contributed by atoms with van der Waals surface area (Å²) in [4.78, 5) is 14.6. The second-order valence-electron chi connectivity index (χ2n) is 6.93. The number of hydrogen-bond acceptors (Lipinski definition) is 3. The number of Topliss-reactive ketones (excluding diaryl/α,β-unsaturated/α-hetero) is 1. The van der Waals surface area contributed by atoms with E-state index in [-0.39, 0.29) is 5.78 Å². The maximum absolute atomic E-state index is 12.2. The number of carbonyl (C=O) groups excluding carboxylic acids is 1. The van der Waals surface area contributed by atoms with Crippen molar-refractivity contribution in [3.63, 3.8) is 0 Å². The van der Waals surface area contributed by atoms with Crippen molar-refractivity contribution >= 4 is 27.6 Å². The first-order chi connectivity index (χ1) is 12.7. The SMILES string of the molecule is CCN(CC)CCn1c2ccc(C#N)cc2c2c3c(ccc21)C(=O)CC3. The fourth-order valence-corrected chi connectivity index (χ4v) is 4.25. The number of hydrogen-bond donors (Lipinski definition) is 0. The molecule has 1 aromatic heterocycles. The Morgan fingerprint density at radius 2 is 1.88 bits per heavy atom.